The Balaban J connectivity index is 1.58. The second-order valence-corrected chi connectivity index (χ2v) is 4.79. The highest BCUT2D eigenvalue weighted by Gasteiger charge is 2.14. The van der Waals surface area contributed by atoms with Gasteiger partial charge in [-0.25, -0.2) is 4.98 Å². The van der Waals surface area contributed by atoms with Gasteiger partial charge in [0.05, 0.1) is 11.7 Å². The molecule has 1 aliphatic rings. The van der Waals surface area contributed by atoms with Gasteiger partial charge in [0.25, 0.3) is 5.88 Å². The third kappa shape index (κ3) is 2.51. The van der Waals surface area contributed by atoms with Crippen molar-refractivity contribution in [2.75, 3.05) is 26.2 Å². The first kappa shape index (κ1) is 11.6. The fourth-order valence-electron chi connectivity index (χ4n) is 2.09. The van der Waals surface area contributed by atoms with Gasteiger partial charge in [-0.15, -0.1) is 4.37 Å². The van der Waals surface area contributed by atoms with Crippen LogP contribution in [0.3, 0.4) is 0 Å². The van der Waals surface area contributed by atoms with E-state index in [-0.39, 0.29) is 0 Å². The number of likely N-dealkylation sites (tertiary alicyclic amines) is 1. The van der Waals surface area contributed by atoms with E-state index in [0.29, 0.717) is 12.5 Å². The fourth-order valence-corrected chi connectivity index (χ4v) is 2.59. The Morgan fingerprint density at radius 3 is 2.94 bits per heavy atom. The standard InChI is InChI=1S/C11H15N5OS/c1-2-5-15(4-1)7-8-17-11-10(13-18-14-11)16-6-3-12-9-16/h3,6,9H,1-2,4-5,7-8H2. The van der Waals surface area contributed by atoms with Crippen LogP contribution in [0, 0.1) is 0 Å². The Hall–Kier alpha value is -1.47. The van der Waals surface area contributed by atoms with E-state index in [4.69, 9.17) is 4.74 Å². The van der Waals surface area contributed by atoms with Gasteiger partial charge in [0, 0.05) is 18.9 Å². The van der Waals surface area contributed by atoms with Gasteiger partial charge in [-0.2, -0.15) is 4.37 Å². The molecule has 1 saturated heterocycles. The summed E-state index contributed by atoms with van der Waals surface area (Å²) in [6.07, 6.45) is 7.86. The molecule has 0 saturated carbocycles. The molecule has 2 aromatic rings. The Kier molecular flexibility index (Phi) is 3.51. The molecule has 18 heavy (non-hydrogen) atoms. The Morgan fingerprint density at radius 2 is 2.17 bits per heavy atom. The van der Waals surface area contributed by atoms with E-state index in [1.807, 2.05) is 10.8 Å². The van der Waals surface area contributed by atoms with Crippen molar-refractivity contribution < 1.29 is 4.74 Å². The van der Waals surface area contributed by atoms with E-state index in [1.165, 1.54) is 25.9 Å². The van der Waals surface area contributed by atoms with E-state index >= 15 is 0 Å². The second-order valence-electron chi connectivity index (χ2n) is 4.26. The monoisotopic (exact) mass is 265 g/mol. The average Bonchev–Trinajstić information content (AvgIpc) is 3.12. The number of aromatic nitrogens is 4. The van der Waals surface area contributed by atoms with Crippen molar-refractivity contribution in [3.63, 3.8) is 0 Å². The first-order valence-corrected chi connectivity index (χ1v) is 6.82. The van der Waals surface area contributed by atoms with Gasteiger partial charge in [0.1, 0.15) is 12.9 Å². The third-order valence-electron chi connectivity index (χ3n) is 3.04. The SMILES string of the molecule is c1cn(-c2nsnc2OCCN2CCCC2)cn1. The maximum absolute atomic E-state index is 5.71. The molecule has 0 unspecified atom stereocenters. The van der Waals surface area contributed by atoms with Gasteiger partial charge in [0.15, 0.2) is 0 Å². The predicted octanol–water partition coefficient (Wildman–Crippen LogP) is 1.20. The molecular weight excluding hydrogens is 250 g/mol. The van der Waals surface area contributed by atoms with Gasteiger partial charge in [-0.1, -0.05) is 0 Å². The molecule has 0 aromatic carbocycles. The smallest absolute Gasteiger partial charge is 0.271 e. The summed E-state index contributed by atoms with van der Waals surface area (Å²) in [6.45, 7) is 3.99. The average molecular weight is 265 g/mol. The van der Waals surface area contributed by atoms with E-state index in [1.54, 1.807) is 12.5 Å². The number of rotatable bonds is 5. The summed E-state index contributed by atoms with van der Waals surface area (Å²) in [5.41, 5.74) is 0. The molecule has 0 radical (unpaired) electrons. The lowest BCUT2D eigenvalue weighted by atomic mass is 10.4. The molecule has 0 amide bonds. The van der Waals surface area contributed by atoms with E-state index in [0.717, 1.165) is 24.1 Å². The van der Waals surface area contributed by atoms with Gasteiger partial charge in [-0.05, 0) is 25.9 Å². The van der Waals surface area contributed by atoms with E-state index in [2.05, 4.69) is 18.6 Å². The second kappa shape index (κ2) is 5.45. The molecule has 3 heterocycles. The van der Waals surface area contributed by atoms with Crippen LogP contribution in [0.25, 0.3) is 5.82 Å². The van der Waals surface area contributed by atoms with Crippen LogP contribution in [-0.4, -0.2) is 49.4 Å². The zero-order valence-electron chi connectivity index (χ0n) is 10.0. The number of ether oxygens (including phenoxy) is 1. The Bertz CT molecular complexity index is 477. The summed E-state index contributed by atoms with van der Waals surface area (Å²) >= 11 is 1.16. The zero-order chi connectivity index (χ0) is 12.2. The molecule has 3 rings (SSSR count). The number of imidazole rings is 1. The largest absolute Gasteiger partial charge is 0.473 e. The van der Waals surface area contributed by atoms with Crippen molar-refractivity contribution in [1.29, 1.82) is 0 Å². The third-order valence-corrected chi connectivity index (χ3v) is 3.54. The van der Waals surface area contributed by atoms with Crippen molar-refractivity contribution in [2.24, 2.45) is 0 Å². The molecule has 1 fully saturated rings. The minimum Gasteiger partial charge on any atom is -0.473 e. The van der Waals surface area contributed by atoms with Crippen molar-refractivity contribution in [3.05, 3.63) is 18.7 Å². The summed E-state index contributed by atoms with van der Waals surface area (Å²) in [5.74, 6) is 1.32. The molecule has 2 aromatic heterocycles. The molecule has 0 N–H and O–H groups in total. The van der Waals surface area contributed by atoms with Crippen LogP contribution < -0.4 is 4.74 Å². The fraction of sp³-hybridized carbons (Fsp3) is 0.545. The van der Waals surface area contributed by atoms with Gasteiger partial charge in [0.2, 0.25) is 5.82 Å². The lowest BCUT2D eigenvalue weighted by Gasteiger charge is -2.14. The minimum atomic E-state index is 0.595. The van der Waals surface area contributed by atoms with Crippen molar-refractivity contribution in [1.82, 2.24) is 23.2 Å². The number of nitrogens with zero attached hydrogens (tertiary/aromatic N) is 5. The molecule has 0 spiro atoms. The first-order chi connectivity index (χ1) is 8.93. The summed E-state index contributed by atoms with van der Waals surface area (Å²) in [5, 5.41) is 0. The lowest BCUT2D eigenvalue weighted by molar-refractivity contribution is 0.233. The number of hydrogen-bond acceptors (Lipinski definition) is 6. The topological polar surface area (TPSA) is 56.1 Å². The van der Waals surface area contributed by atoms with Crippen molar-refractivity contribution in [2.45, 2.75) is 12.8 Å². The summed E-state index contributed by atoms with van der Waals surface area (Å²) in [7, 11) is 0. The van der Waals surface area contributed by atoms with Gasteiger partial charge < -0.3 is 4.74 Å². The zero-order valence-corrected chi connectivity index (χ0v) is 10.8. The van der Waals surface area contributed by atoms with Crippen molar-refractivity contribution in [3.8, 4) is 11.7 Å². The van der Waals surface area contributed by atoms with E-state index in [9.17, 15) is 0 Å². The first-order valence-electron chi connectivity index (χ1n) is 6.09. The molecular formula is C11H15N5OS. The van der Waals surface area contributed by atoms with Gasteiger partial charge in [-0.3, -0.25) is 9.47 Å². The van der Waals surface area contributed by atoms with Crippen LogP contribution in [0.2, 0.25) is 0 Å². The highest BCUT2D eigenvalue weighted by molar-refractivity contribution is 6.99. The summed E-state index contributed by atoms with van der Waals surface area (Å²) in [4.78, 5) is 6.41. The van der Waals surface area contributed by atoms with Crippen LogP contribution in [0.4, 0.5) is 0 Å². The normalized spacial score (nSPS) is 16.2. The Morgan fingerprint density at radius 1 is 1.28 bits per heavy atom. The Labute approximate surface area is 110 Å². The molecule has 96 valence electrons. The minimum absolute atomic E-state index is 0.595. The quantitative estimate of drug-likeness (QED) is 0.813. The maximum Gasteiger partial charge on any atom is 0.271 e. The van der Waals surface area contributed by atoms with Crippen LogP contribution >= 0.6 is 11.7 Å². The van der Waals surface area contributed by atoms with Crippen LogP contribution in [0.15, 0.2) is 18.7 Å². The molecule has 6 nitrogen and oxygen atoms in total. The molecule has 0 atom stereocenters. The maximum atomic E-state index is 5.71. The molecule has 0 bridgehead atoms. The van der Waals surface area contributed by atoms with E-state index < -0.39 is 0 Å². The molecule has 1 aliphatic heterocycles. The van der Waals surface area contributed by atoms with Crippen LogP contribution in [-0.2, 0) is 0 Å². The highest BCUT2D eigenvalue weighted by Crippen LogP contribution is 2.19. The summed E-state index contributed by atoms with van der Waals surface area (Å²) < 4.78 is 15.9. The van der Waals surface area contributed by atoms with Crippen LogP contribution in [0.1, 0.15) is 12.8 Å². The molecule has 0 aliphatic carbocycles. The van der Waals surface area contributed by atoms with Gasteiger partial charge >= 0.3 is 0 Å². The molecule has 7 heteroatoms. The summed E-state index contributed by atoms with van der Waals surface area (Å²) in [6, 6.07) is 0. The number of hydrogen-bond donors (Lipinski definition) is 0. The predicted molar refractivity (Wildman–Crippen MR) is 68.2 cm³/mol. The highest BCUT2D eigenvalue weighted by atomic mass is 32.1. The van der Waals surface area contributed by atoms with Crippen molar-refractivity contribution >= 4 is 11.7 Å². The van der Waals surface area contributed by atoms with Crippen LogP contribution in [0.5, 0.6) is 5.88 Å². The lowest BCUT2D eigenvalue weighted by Crippen LogP contribution is -2.25.